The van der Waals surface area contributed by atoms with Crippen LogP contribution in [0.2, 0.25) is 0 Å². The predicted molar refractivity (Wildman–Crippen MR) is 93.1 cm³/mol. The molecule has 1 rings (SSSR count). The number of methoxy groups -OCH3 is 1. The van der Waals surface area contributed by atoms with Crippen molar-refractivity contribution >= 4 is 12.0 Å². The minimum atomic E-state index is -4.63. The molecule has 0 aliphatic heterocycles. The molecular weight excluding hydrogens is 365 g/mol. The molecule has 1 aromatic carbocycles. The number of ether oxygens (including phenoxy) is 2. The first-order valence-electron chi connectivity index (χ1n) is 8.35. The van der Waals surface area contributed by atoms with Gasteiger partial charge in [-0.25, -0.2) is 4.79 Å². The molecule has 0 saturated heterocycles. The van der Waals surface area contributed by atoms with Crippen LogP contribution in [0.1, 0.15) is 44.4 Å². The van der Waals surface area contributed by atoms with E-state index in [0.717, 1.165) is 6.07 Å². The molecule has 0 saturated carbocycles. The largest absolute Gasteiger partial charge is 0.444 e. The lowest BCUT2D eigenvalue weighted by Crippen LogP contribution is -2.38. The number of rotatable bonds is 7. The number of benzene rings is 1. The molecule has 0 fully saturated rings. The van der Waals surface area contributed by atoms with Crippen LogP contribution in [0, 0.1) is 0 Å². The smallest absolute Gasteiger partial charge is 0.416 e. The number of halogens is 3. The average molecular weight is 390 g/mol. The molecule has 27 heavy (non-hydrogen) atoms. The number of alkyl halides is 3. The van der Waals surface area contributed by atoms with Crippen molar-refractivity contribution in [3.05, 3.63) is 35.4 Å². The number of hydrogen-bond donors (Lipinski definition) is 2. The third kappa shape index (κ3) is 8.29. The van der Waals surface area contributed by atoms with Crippen LogP contribution in [0.3, 0.4) is 0 Å². The van der Waals surface area contributed by atoms with Crippen LogP contribution in [-0.4, -0.2) is 37.9 Å². The first-order valence-corrected chi connectivity index (χ1v) is 8.35. The summed E-state index contributed by atoms with van der Waals surface area (Å²) in [4.78, 5) is 24.2. The Hall–Kier alpha value is -2.29. The number of carbonyl (C=O) groups is 2. The van der Waals surface area contributed by atoms with Crippen LogP contribution < -0.4 is 10.6 Å². The molecule has 0 aliphatic rings. The van der Waals surface area contributed by atoms with E-state index < -0.39 is 35.4 Å². The van der Waals surface area contributed by atoms with E-state index in [1.165, 1.54) is 25.3 Å². The highest BCUT2D eigenvalue weighted by atomic mass is 19.4. The van der Waals surface area contributed by atoms with Crippen LogP contribution in [0.25, 0.3) is 0 Å². The lowest BCUT2D eigenvalue weighted by Gasteiger charge is -2.25. The highest BCUT2D eigenvalue weighted by Crippen LogP contribution is 2.35. The second kappa shape index (κ2) is 9.59. The van der Waals surface area contributed by atoms with Crippen molar-refractivity contribution in [2.24, 2.45) is 0 Å². The molecule has 0 spiro atoms. The van der Waals surface area contributed by atoms with Gasteiger partial charge in [0.05, 0.1) is 24.6 Å². The third-order valence-electron chi connectivity index (χ3n) is 3.35. The van der Waals surface area contributed by atoms with E-state index >= 15 is 0 Å². The maximum absolute atomic E-state index is 13.3. The van der Waals surface area contributed by atoms with E-state index in [1.54, 1.807) is 20.8 Å². The van der Waals surface area contributed by atoms with Crippen molar-refractivity contribution in [3.8, 4) is 0 Å². The molecule has 2 N–H and O–H groups in total. The molecule has 1 aromatic rings. The highest BCUT2D eigenvalue weighted by Gasteiger charge is 2.36. The fourth-order valence-electron chi connectivity index (χ4n) is 2.30. The van der Waals surface area contributed by atoms with Crippen LogP contribution >= 0.6 is 0 Å². The van der Waals surface area contributed by atoms with Gasteiger partial charge < -0.3 is 20.1 Å². The molecule has 6 nitrogen and oxygen atoms in total. The average Bonchev–Trinajstić information content (AvgIpc) is 2.52. The van der Waals surface area contributed by atoms with Gasteiger partial charge in [-0.2, -0.15) is 13.2 Å². The molecule has 0 aromatic heterocycles. The quantitative estimate of drug-likeness (QED) is 0.700. The molecule has 152 valence electrons. The fraction of sp³-hybridized carbons (Fsp3) is 0.556. The predicted octanol–water partition coefficient (Wildman–Crippen LogP) is 3.42. The Balaban J connectivity index is 3.08. The van der Waals surface area contributed by atoms with Gasteiger partial charge in [0.15, 0.2) is 0 Å². The summed E-state index contributed by atoms with van der Waals surface area (Å²) in [7, 11) is 1.46. The van der Waals surface area contributed by atoms with Crippen LogP contribution in [-0.2, 0) is 20.4 Å². The summed E-state index contributed by atoms with van der Waals surface area (Å²) in [5.41, 5.74) is -1.97. The van der Waals surface area contributed by atoms with E-state index in [0.29, 0.717) is 0 Å². The van der Waals surface area contributed by atoms with Crippen LogP contribution in [0.4, 0.5) is 18.0 Å². The normalized spacial score (nSPS) is 13.0. The number of alkyl carbamates (subject to hydrolysis) is 1. The van der Waals surface area contributed by atoms with Gasteiger partial charge in [0.1, 0.15) is 5.60 Å². The number of amides is 2. The molecule has 0 bridgehead atoms. The SMILES string of the molecule is COCCNC(=O)C[C@H](NC(=O)OC(C)(C)C)c1ccccc1C(F)(F)F. The van der Waals surface area contributed by atoms with Gasteiger partial charge in [-0.15, -0.1) is 0 Å². The zero-order valence-corrected chi connectivity index (χ0v) is 15.8. The first-order chi connectivity index (χ1) is 12.4. The Kier molecular flexibility index (Phi) is 8.08. The van der Waals surface area contributed by atoms with E-state index in [-0.39, 0.29) is 25.1 Å². The van der Waals surface area contributed by atoms with Gasteiger partial charge in [0.2, 0.25) is 5.91 Å². The van der Waals surface area contributed by atoms with Gasteiger partial charge in [-0.1, -0.05) is 18.2 Å². The second-order valence-electron chi connectivity index (χ2n) is 6.83. The summed E-state index contributed by atoms with van der Waals surface area (Å²) < 4.78 is 50.0. The monoisotopic (exact) mass is 390 g/mol. The molecule has 0 aliphatic carbocycles. The molecule has 0 heterocycles. The van der Waals surface area contributed by atoms with Gasteiger partial charge in [0.25, 0.3) is 0 Å². The summed E-state index contributed by atoms with van der Waals surface area (Å²) in [5.74, 6) is -0.523. The molecule has 9 heteroatoms. The number of nitrogens with one attached hydrogen (secondary N) is 2. The minimum Gasteiger partial charge on any atom is -0.444 e. The van der Waals surface area contributed by atoms with Crippen molar-refractivity contribution in [1.29, 1.82) is 0 Å². The molecule has 1 atom stereocenters. The van der Waals surface area contributed by atoms with Crippen molar-refractivity contribution in [1.82, 2.24) is 10.6 Å². The summed E-state index contributed by atoms with van der Waals surface area (Å²) in [6.07, 6.45) is -5.92. The zero-order chi connectivity index (χ0) is 20.7. The summed E-state index contributed by atoms with van der Waals surface area (Å²) >= 11 is 0. The van der Waals surface area contributed by atoms with Gasteiger partial charge >= 0.3 is 12.3 Å². The van der Waals surface area contributed by atoms with Gasteiger partial charge in [-0.05, 0) is 32.4 Å². The van der Waals surface area contributed by atoms with Crippen LogP contribution in [0.15, 0.2) is 24.3 Å². The van der Waals surface area contributed by atoms with Gasteiger partial charge in [-0.3, -0.25) is 4.79 Å². The summed E-state index contributed by atoms with van der Waals surface area (Å²) in [6.45, 7) is 5.35. The Morgan fingerprint density at radius 3 is 2.33 bits per heavy atom. The number of hydrogen-bond acceptors (Lipinski definition) is 4. The van der Waals surface area contributed by atoms with Gasteiger partial charge in [0, 0.05) is 13.7 Å². The van der Waals surface area contributed by atoms with E-state index in [1.807, 2.05) is 0 Å². The van der Waals surface area contributed by atoms with Crippen molar-refractivity contribution in [2.75, 3.05) is 20.3 Å². The Bertz CT molecular complexity index is 642. The topological polar surface area (TPSA) is 76.7 Å². The lowest BCUT2D eigenvalue weighted by molar-refractivity contribution is -0.138. The minimum absolute atomic E-state index is 0.204. The van der Waals surface area contributed by atoms with Crippen LogP contribution in [0.5, 0.6) is 0 Å². The molecule has 2 amide bonds. The molecular formula is C18H25F3N2O4. The van der Waals surface area contributed by atoms with Crippen molar-refractivity contribution in [3.63, 3.8) is 0 Å². The Morgan fingerprint density at radius 1 is 1.15 bits per heavy atom. The standard InChI is InChI=1S/C18H25F3N2O4/c1-17(2,3)27-16(25)23-14(11-15(24)22-9-10-26-4)12-7-5-6-8-13(12)18(19,20)21/h5-8,14H,9-11H2,1-4H3,(H,22,24)(H,23,25)/t14-/m0/s1. The Labute approximate surface area is 156 Å². The molecule has 0 unspecified atom stereocenters. The maximum Gasteiger partial charge on any atom is 0.416 e. The maximum atomic E-state index is 13.3. The zero-order valence-electron chi connectivity index (χ0n) is 15.8. The highest BCUT2D eigenvalue weighted by molar-refractivity contribution is 5.78. The third-order valence-corrected chi connectivity index (χ3v) is 3.35. The fourth-order valence-corrected chi connectivity index (χ4v) is 2.30. The molecule has 0 radical (unpaired) electrons. The van der Waals surface area contributed by atoms with Crippen molar-refractivity contribution in [2.45, 2.75) is 45.0 Å². The van der Waals surface area contributed by atoms with E-state index in [2.05, 4.69) is 10.6 Å². The van der Waals surface area contributed by atoms with Crippen molar-refractivity contribution < 1.29 is 32.2 Å². The van der Waals surface area contributed by atoms with E-state index in [9.17, 15) is 22.8 Å². The lowest BCUT2D eigenvalue weighted by atomic mass is 9.97. The second-order valence-corrected chi connectivity index (χ2v) is 6.83. The first kappa shape index (κ1) is 22.8. The summed E-state index contributed by atoms with van der Waals surface area (Å²) in [6, 6.07) is 3.59. The number of carbonyl (C=O) groups excluding carboxylic acids is 2. The van der Waals surface area contributed by atoms with E-state index in [4.69, 9.17) is 9.47 Å². The Morgan fingerprint density at radius 2 is 1.78 bits per heavy atom. The summed E-state index contributed by atoms with van der Waals surface area (Å²) in [5, 5.41) is 4.90.